The van der Waals surface area contributed by atoms with E-state index in [9.17, 15) is 4.79 Å². The molecule has 3 rings (SSSR count). The number of aryl methyl sites for hydroxylation is 1. The molecule has 1 amide bonds. The standard InChI is InChI=1S/C14H18N4O3/c1-10-13(7-16-21-10)14(19)17-11-6-15-18(8-11)9-12-4-2-3-5-20-12/h6-8,12H,2-5,9H2,1H3,(H,17,19)/t12-/m1/s1. The molecule has 1 N–H and O–H groups in total. The molecule has 112 valence electrons. The van der Waals surface area contributed by atoms with Gasteiger partial charge in [-0.1, -0.05) is 5.16 Å². The number of hydrogen-bond donors (Lipinski definition) is 1. The van der Waals surface area contributed by atoms with Crippen LogP contribution in [0.4, 0.5) is 5.69 Å². The average Bonchev–Trinajstić information content (AvgIpc) is 3.09. The Kier molecular flexibility index (Phi) is 4.01. The maximum atomic E-state index is 12.0. The largest absolute Gasteiger partial charge is 0.376 e. The van der Waals surface area contributed by atoms with Crippen LogP contribution in [0.15, 0.2) is 23.1 Å². The van der Waals surface area contributed by atoms with Gasteiger partial charge >= 0.3 is 0 Å². The Morgan fingerprint density at radius 3 is 3.10 bits per heavy atom. The first kappa shape index (κ1) is 13.8. The summed E-state index contributed by atoms with van der Waals surface area (Å²) in [6.07, 6.45) is 8.44. The monoisotopic (exact) mass is 290 g/mol. The van der Waals surface area contributed by atoms with E-state index in [1.165, 1.54) is 12.6 Å². The molecule has 3 heterocycles. The molecule has 7 heteroatoms. The summed E-state index contributed by atoms with van der Waals surface area (Å²) < 4.78 is 12.4. The van der Waals surface area contributed by atoms with Crippen molar-refractivity contribution in [2.24, 2.45) is 0 Å². The van der Waals surface area contributed by atoms with E-state index in [1.54, 1.807) is 24.0 Å². The highest BCUT2D eigenvalue weighted by Gasteiger charge is 2.16. The van der Waals surface area contributed by atoms with Crippen molar-refractivity contribution in [2.75, 3.05) is 11.9 Å². The zero-order valence-electron chi connectivity index (χ0n) is 11.9. The summed E-state index contributed by atoms with van der Waals surface area (Å²) in [5.41, 5.74) is 1.08. The Morgan fingerprint density at radius 2 is 2.38 bits per heavy atom. The molecule has 21 heavy (non-hydrogen) atoms. The lowest BCUT2D eigenvalue weighted by Gasteiger charge is -2.22. The average molecular weight is 290 g/mol. The van der Waals surface area contributed by atoms with Gasteiger partial charge in [0.25, 0.3) is 5.91 Å². The molecule has 1 atom stereocenters. The molecule has 0 saturated carbocycles. The number of amides is 1. The quantitative estimate of drug-likeness (QED) is 0.931. The van der Waals surface area contributed by atoms with Crippen molar-refractivity contribution in [1.29, 1.82) is 0 Å². The van der Waals surface area contributed by atoms with Crippen LogP contribution in [0.1, 0.15) is 35.4 Å². The van der Waals surface area contributed by atoms with Crippen LogP contribution in [0, 0.1) is 6.92 Å². The Bertz CT molecular complexity index is 613. The van der Waals surface area contributed by atoms with Gasteiger partial charge in [-0.05, 0) is 26.2 Å². The molecule has 0 unspecified atom stereocenters. The number of ether oxygens (including phenoxy) is 1. The van der Waals surface area contributed by atoms with Crippen LogP contribution in [-0.2, 0) is 11.3 Å². The third-order valence-corrected chi connectivity index (χ3v) is 3.55. The van der Waals surface area contributed by atoms with E-state index in [1.807, 2.05) is 0 Å². The molecule has 0 radical (unpaired) electrons. The summed E-state index contributed by atoms with van der Waals surface area (Å²) in [5, 5.41) is 10.6. The highest BCUT2D eigenvalue weighted by atomic mass is 16.5. The fraction of sp³-hybridized carbons (Fsp3) is 0.500. The highest BCUT2D eigenvalue weighted by Crippen LogP contribution is 2.16. The van der Waals surface area contributed by atoms with Crippen LogP contribution in [-0.4, -0.2) is 33.6 Å². The predicted octanol–water partition coefficient (Wildman–Crippen LogP) is 2.00. The summed E-state index contributed by atoms with van der Waals surface area (Å²) in [6, 6.07) is 0. The number of carbonyl (C=O) groups is 1. The maximum Gasteiger partial charge on any atom is 0.260 e. The van der Waals surface area contributed by atoms with Crippen molar-refractivity contribution in [3.63, 3.8) is 0 Å². The van der Waals surface area contributed by atoms with E-state index in [0.717, 1.165) is 19.4 Å². The van der Waals surface area contributed by atoms with Crippen molar-refractivity contribution in [3.05, 3.63) is 29.9 Å². The topological polar surface area (TPSA) is 82.2 Å². The van der Waals surface area contributed by atoms with Gasteiger partial charge < -0.3 is 14.6 Å². The van der Waals surface area contributed by atoms with Crippen LogP contribution in [0.2, 0.25) is 0 Å². The van der Waals surface area contributed by atoms with E-state index < -0.39 is 0 Å². The second-order valence-corrected chi connectivity index (χ2v) is 5.19. The SMILES string of the molecule is Cc1oncc1C(=O)Nc1cnn(C[C@H]2CCCCO2)c1. The minimum absolute atomic E-state index is 0.211. The molecule has 0 aliphatic carbocycles. The van der Waals surface area contributed by atoms with Crippen molar-refractivity contribution in [3.8, 4) is 0 Å². The lowest BCUT2D eigenvalue weighted by molar-refractivity contribution is 0.00401. The van der Waals surface area contributed by atoms with E-state index in [-0.39, 0.29) is 12.0 Å². The molecule has 0 spiro atoms. The molecule has 0 aromatic carbocycles. The van der Waals surface area contributed by atoms with Crippen molar-refractivity contribution in [1.82, 2.24) is 14.9 Å². The van der Waals surface area contributed by atoms with Gasteiger partial charge in [0.2, 0.25) is 0 Å². The summed E-state index contributed by atoms with van der Waals surface area (Å²) in [7, 11) is 0. The number of nitrogens with zero attached hydrogens (tertiary/aromatic N) is 3. The molecule has 2 aromatic heterocycles. The molecule has 1 aliphatic rings. The van der Waals surface area contributed by atoms with E-state index in [4.69, 9.17) is 9.26 Å². The Balaban J connectivity index is 1.60. The van der Waals surface area contributed by atoms with Gasteiger partial charge in [0.1, 0.15) is 11.3 Å². The molecule has 1 aliphatic heterocycles. The Hall–Kier alpha value is -2.15. The van der Waals surface area contributed by atoms with Gasteiger partial charge in [0.05, 0.1) is 30.7 Å². The fourth-order valence-electron chi connectivity index (χ4n) is 2.40. The summed E-state index contributed by atoms with van der Waals surface area (Å²) >= 11 is 0. The molecule has 2 aromatic rings. The third kappa shape index (κ3) is 3.30. The lowest BCUT2D eigenvalue weighted by Crippen LogP contribution is -2.24. The number of carbonyl (C=O) groups excluding carboxylic acids is 1. The van der Waals surface area contributed by atoms with Crippen molar-refractivity contribution < 1.29 is 14.1 Å². The summed E-state index contributed by atoms with van der Waals surface area (Å²) in [6.45, 7) is 3.23. The second-order valence-electron chi connectivity index (χ2n) is 5.19. The van der Waals surface area contributed by atoms with Gasteiger partial charge in [-0.2, -0.15) is 5.10 Å². The van der Waals surface area contributed by atoms with Crippen LogP contribution in [0.5, 0.6) is 0 Å². The van der Waals surface area contributed by atoms with E-state index in [2.05, 4.69) is 15.6 Å². The summed E-state index contributed by atoms with van der Waals surface area (Å²) in [5.74, 6) is 0.248. The first-order valence-electron chi connectivity index (χ1n) is 7.09. The Labute approximate surface area is 122 Å². The number of anilines is 1. The zero-order chi connectivity index (χ0) is 14.7. The van der Waals surface area contributed by atoms with Crippen LogP contribution < -0.4 is 5.32 Å². The number of aromatic nitrogens is 3. The van der Waals surface area contributed by atoms with Gasteiger partial charge in [0, 0.05) is 12.8 Å². The van der Waals surface area contributed by atoms with Crippen LogP contribution in [0.25, 0.3) is 0 Å². The van der Waals surface area contributed by atoms with E-state index in [0.29, 0.717) is 23.6 Å². The predicted molar refractivity (Wildman–Crippen MR) is 75.0 cm³/mol. The smallest absolute Gasteiger partial charge is 0.260 e. The zero-order valence-corrected chi connectivity index (χ0v) is 11.9. The maximum absolute atomic E-state index is 12.0. The molecule has 7 nitrogen and oxygen atoms in total. The molecular weight excluding hydrogens is 272 g/mol. The van der Waals surface area contributed by atoms with Gasteiger partial charge in [-0.3, -0.25) is 9.48 Å². The van der Waals surface area contributed by atoms with E-state index >= 15 is 0 Å². The third-order valence-electron chi connectivity index (χ3n) is 3.55. The fourth-order valence-corrected chi connectivity index (χ4v) is 2.40. The normalized spacial score (nSPS) is 18.6. The van der Waals surface area contributed by atoms with Crippen molar-refractivity contribution in [2.45, 2.75) is 38.8 Å². The van der Waals surface area contributed by atoms with Crippen molar-refractivity contribution >= 4 is 11.6 Å². The Morgan fingerprint density at radius 1 is 1.48 bits per heavy atom. The van der Waals surface area contributed by atoms with Gasteiger partial charge in [-0.25, -0.2) is 0 Å². The number of hydrogen-bond acceptors (Lipinski definition) is 5. The first-order valence-corrected chi connectivity index (χ1v) is 7.09. The lowest BCUT2D eigenvalue weighted by atomic mass is 10.1. The van der Waals surface area contributed by atoms with Gasteiger partial charge in [-0.15, -0.1) is 0 Å². The highest BCUT2D eigenvalue weighted by molar-refractivity contribution is 6.04. The van der Waals surface area contributed by atoms with Crippen LogP contribution >= 0.6 is 0 Å². The molecule has 1 saturated heterocycles. The molecule has 0 bridgehead atoms. The number of nitrogens with one attached hydrogen (secondary N) is 1. The summed E-state index contributed by atoms with van der Waals surface area (Å²) in [4.78, 5) is 12.0. The van der Waals surface area contributed by atoms with Crippen LogP contribution in [0.3, 0.4) is 0 Å². The minimum atomic E-state index is -0.248. The minimum Gasteiger partial charge on any atom is -0.376 e. The second kappa shape index (κ2) is 6.09. The first-order chi connectivity index (χ1) is 10.2. The molecule has 1 fully saturated rings. The molecular formula is C14H18N4O3. The van der Waals surface area contributed by atoms with Gasteiger partial charge in [0.15, 0.2) is 0 Å². The number of rotatable bonds is 4.